The van der Waals surface area contributed by atoms with Gasteiger partial charge < -0.3 is 9.84 Å². The summed E-state index contributed by atoms with van der Waals surface area (Å²) in [6.07, 6.45) is 1.23. The van der Waals surface area contributed by atoms with E-state index in [4.69, 9.17) is 4.52 Å². The standard InChI is InChI=1S/C20H14BrFN4O3/c1-11-2-7-15(14(21)8-11)24-16(27)9-26-10-23-19-17(20(26)28)18(25-29-19)12-3-5-13(22)6-4-12/h2-8,10H,9H2,1H3,(H,24,27). The van der Waals surface area contributed by atoms with Crippen molar-refractivity contribution in [3.63, 3.8) is 0 Å². The van der Waals surface area contributed by atoms with Crippen molar-refractivity contribution in [2.45, 2.75) is 13.5 Å². The maximum Gasteiger partial charge on any atom is 0.267 e. The van der Waals surface area contributed by atoms with Gasteiger partial charge in [-0.2, -0.15) is 0 Å². The quantitative estimate of drug-likeness (QED) is 0.502. The van der Waals surface area contributed by atoms with Crippen LogP contribution in [0.25, 0.3) is 22.4 Å². The lowest BCUT2D eigenvalue weighted by Crippen LogP contribution is -2.28. The fraction of sp³-hybridized carbons (Fsp3) is 0.100. The molecule has 0 aliphatic rings. The molecule has 4 rings (SSSR count). The molecule has 0 unspecified atom stereocenters. The van der Waals surface area contributed by atoms with Gasteiger partial charge in [-0.25, -0.2) is 9.37 Å². The number of aryl methyl sites for hydroxylation is 1. The summed E-state index contributed by atoms with van der Waals surface area (Å²) in [6.45, 7) is 1.70. The highest BCUT2D eigenvalue weighted by atomic mass is 79.9. The van der Waals surface area contributed by atoms with Crippen molar-refractivity contribution in [2.24, 2.45) is 0 Å². The van der Waals surface area contributed by atoms with Crippen LogP contribution in [0.15, 0.2) is 62.6 Å². The minimum atomic E-state index is -0.478. The third kappa shape index (κ3) is 3.81. The summed E-state index contributed by atoms with van der Waals surface area (Å²) < 4.78 is 20.2. The fourth-order valence-corrected chi connectivity index (χ4v) is 3.46. The van der Waals surface area contributed by atoms with Gasteiger partial charge in [-0.1, -0.05) is 11.2 Å². The molecule has 0 bridgehead atoms. The molecule has 146 valence electrons. The molecule has 0 fully saturated rings. The largest absolute Gasteiger partial charge is 0.335 e. The highest BCUT2D eigenvalue weighted by molar-refractivity contribution is 9.10. The van der Waals surface area contributed by atoms with Crippen LogP contribution < -0.4 is 10.9 Å². The Morgan fingerprint density at radius 1 is 1.24 bits per heavy atom. The average molecular weight is 457 g/mol. The third-order valence-electron chi connectivity index (χ3n) is 4.29. The van der Waals surface area contributed by atoms with Gasteiger partial charge in [-0.3, -0.25) is 14.2 Å². The van der Waals surface area contributed by atoms with Gasteiger partial charge in [0.05, 0.1) is 5.69 Å². The zero-order chi connectivity index (χ0) is 20.5. The molecule has 4 aromatic rings. The monoisotopic (exact) mass is 456 g/mol. The lowest BCUT2D eigenvalue weighted by molar-refractivity contribution is -0.116. The second-order valence-electron chi connectivity index (χ2n) is 6.43. The molecule has 0 radical (unpaired) electrons. The van der Waals surface area contributed by atoms with E-state index in [0.717, 1.165) is 10.0 Å². The Bertz CT molecular complexity index is 1280. The van der Waals surface area contributed by atoms with Gasteiger partial charge in [0.15, 0.2) is 0 Å². The van der Waals surface area contributed by atoms with Crippen LogP contribution in [-0.2, 0) is 11.3 Å². The first-order valence-electron chi connectivity index (χ1n) is 8.59. The number of halogens is 2. The van der Waals surface area contributed by atoms with Crippen LogP contribution in [0.4, 0.5) is 10.1 Å². The maximum absolute atomic E-state index is 13.2. The smallest absolute Gasteiger partial charge is 0.267 e. The van der Waals surface area contributed by atoms with Crippen molar-refractivity contribution in [3.8, 4) is 11.3 Å². The van der Waals surface area contributed by atoms with Crippen LogP contribution >= 0.6 is 15.9 Å². The summed E-state index contributed by atoms with van der Waals surface area (Å²) in [4.78, 5) is 29.4. The number of nitrogens with zero attached hydrogens (tertiary/aromatic N) is 3. The van der Waals surface area contributed by atoms with Gasteiger partial charge in [0.2, 0.25) is 5.91 Å². The number of carbonyl (C=O) groups is 1. The number of hydrogen-bond donors (Lipinski definition) is 1. The van der Waals surface area contributed by atoms with Gasteiger partial charge in [-0.15, -0.1) is 0 Å². The summed E-state index contributed by atoms with van der Waals surface area (Å²) in [6, 6.07) is 11.0. The second kappa shape index (κ2) is 7.59. The topological polar surface area (TPSA) is 90.0 Å². The van der Waals surface area contributed by atoms with Crippen molar-refractivity contribution >= 4 is 38.6 Å². The van der Waals surface area contributed by atoms with Gasteiger partial charge in [0.1, 0.15) is 29.8 Å². The predicted octanol–water partition coefficient (Wildman–Crippen LogP) is 3.90. The van der Waals surface area contributed by atoms with Crippen molar-refractivity contribution in [3.05, 3.63) is 75.0 Å². The lowest BCUT2D eigenvalue weighted by Gasteiger charge is -2.09. The zero-order valence-electron chi connectivity index (χ0n) is 15.1. The molecule has 0 saturated heterocycles. The Kier molecular flexibility index (Phi) is 4.98. The van der Waals surface area contributed by atoms with E-state index in [1.54, 1.807) is 6.07 Å². The number of aromatic nitrogens is 3. The normalized spacial score (nSPS) is 11.0. The molecular formula is C20H14BrFN4O3. The Labute approximate surface area is 172 Å². The minimum absolute atomic E-state index is 0.0484. The summed E-state index contributed by atoms with van der Waals surface area (Å²) in [5.74, 6) is -0.798. The highest BCUT2D eigenvalue weighted by Crippen LogP contribution is 2.25. The first-order valence-corrected chi connectivity index (χ1v) is 9.38. The van der Waals surface area contributed by atoms with E-state index in [0.29, 0.717) is 11.3 Å². The number of benzene rings is 2. The predicted molar refractivity (Wildman–Crippen MR) is 109 cm³/mol. The number of fused-ring (bicyclic) bond motifs is 1. The Morgan fingerprint density at radius 2 is 2.00 bits per heavy atom. The van der Waals surface area contributed by atoms with E-state index in [1.807, 2.05) is 19.1 Å². The molecule has 0 atom stereocenters. The molecule has 0 aliphatic heterocycles. The third-order valence-corrected chi connectivity index (χ3v) is 4.95. The van der Waals surface area contributed by atoms with Crippen molar-refractivity contribution in [1.29, 1.82) is 0 Å². The van der Waals surface area contributed by atoms with Crippen molar-refractivity contribution < 1.29 is 13.7 Å². The average Bonchev–Trinajstić information content (AvgIpc) is 3.12. The van der Waals surface area contributed by atoms with Gasteiger partial charge in [-0.05, 0) is 64.8 Å². The molecule has 0 spiro atoms. The van der Waals surface area contributed by atoms with Crippen LogP contribution in [0.3, 0.4) is 0 Å². The van der Waals surface area contributed by atoms with E-state index < -0.39 is 17.3 Å². The number of anilines is 1. The molecule has 29 heavy (non-hydrogen) atoms. The molecule has 0 saturated carbocycles. The van der Waals surface area contributed by atoms with Gasteiger partial charge in [0.25, 0.3) is 11.3 Å². The highest BCUT2D eigenvalue weighted by Gasteiger charge is 2.18. The van der Waals surface area contributed by atoms with E-state index >= 15 is 0 Å². The molecule has 1 N–H and O–H groups in total. The summed E-state index contributed by atoms with van der Waals surface area (Å²) in [7, 11) is 0. The Hall–Kier alpha value is -3.33. The van der Waals surface area contributed by atoms with Crippen LogP contribution in [0.5, 0.6) is 0 Å². The second-order valence-corrected chi connectivity index (χ2v) is 7.28. The number of carbonyl (C=O) groups excluding carboxylic acids is 1. The maximum atomic E-state index is 13.2. The number of rotatable bonds is 4. The zero-order valence-corrected chi connectivity index (χ0v) is 16.7. The summed E-state index contributed by atoms with van der Waals surface area (Å²) in [5.41, 5.74) is 1.96. The first-order chi connectivity index (χ1) is 13.9. The Morgan fingerprint density at radius 3 is 2.72 bits per heavy atom. The lowest BCUT2D eigenvalue weighted by atomic mass is 10.1. The molecule has 2 aromatic carbocycles. The molecule has 1 amide bonds. The van der Waals surface area contributed by atoms with E-state index in [1.165, 1.54) is 35.2 Å². The van der Waals surface area contributed by atoms with Crippen LogP contribution in [-0.4, -0.2) is 20.6 Å². The van der Waals surface area contributed by atoms with Gasteiger partial charge in [0, 0.05) is 10.0 Å². The van der Waals surface area contributed by atoms with Crippen LogP contribution in [0, 0.1) is 12.7 Å². The molecule has 0 aliphatic carbocycles. The molecule has 9 heteroatoms. The number of nitrogens with one attached hydrogen (secondary N) is 1. The van der Waals surface area contributed by atoms with Crippen molar-refractivity contribution in [2.75, 3.05) is 5.32 Å². The Balaban J connectivity index is 1.65. The van der Waals surface area contributed by atoms with Crippen LogP contribution in [0.1, 0.15) is 5.56 Å². The van der Waals surface area contributed by atoms with E-state index in [2.05, 4.69) is 31.4 Å². The SMILES string of the molecule is Cc1ccc(NC(=O)Cn2cnc3onc(-c4ccc(F)cc4)c3c2=O)c(Br)c1. The van der Waals surface area contributed by atoms with Gasteiger partial charge >= 0.3 is 0 Å². The summed E-state index contributed by atoms with van der Waals surface area (Å²) in [5, 5.41) is 6.77. The molecule has 7 nitrogen and oxygen atoms in total. The van der Waals surface area contributed by atoms with E-state index in [9.17, 15) is 14.0 Å². The summed E-state index contributed by atoms with van der Waals surface area (Å²) >= 11 is 3.40. The number of amides is 1. The molecular weight excluding hydrogens is 443 g/mol. The van der Waals surface area contributed by atoms with Crippen molar-refractivity contribution in [1.82, 2.24) is 14.7 Å². The van der Waals surface area contributed by atoms with E-state index in [-0.39, 0.29) is 23.3 Å². The van der Waals surface area contributed by atoms with Crippen LogP contribution in [0.2, 0.25) is 0 Å². The first kappa shape index (κ1) is 19.0. The number of hydrogen-bond acceptors (Lipinski definition) is 5. The fourth-order valence-electron chi connectivity index (χ4n) is 2.86. The molecule has 2 aromatic heterocycles. The minimum Gasteiger partial charge on any atom is -0.335 e. The molecule has 2 heterocycles.